The van der Waals surface area contributed by atoms with E-state index >= 15 is 0 Å². The molecule has 1 saturated carbocycles. The zero-order valence-electron chi connectivity index (χ0n) is 18.2. The minimum atomic E-state index is -3.90. The van der Waals surface area contributed by atoms with Crippen molar-refractivity contribution in [2.24, 2.45) is 11.1 Å². The van der Waals surface area contributed by atoms with E-state index in [0.717, 1.165) is 16.8 Å². The van der Waals surface area contributed by atoms with E-state index in [2.05, 4.69) is 5.32 Å². The lowest BCUT2D eigenvalue weighted by Crippen LogP contribution is -2.31. The summed E-state index contributed by atoms with van der Waals surface area (Å²) in [5.41, 5.74) is 2.66. The lowest BCUT2D eigenvalue weighted by Gasteiger charge is -2.38. The van der Waals surface area contributed by atoms with Gasteiger partial charge >= 0.3 is 0 Å². The number of anilines is 1. The van der Waals surface area contributed by atoms with Gasteiger partial charge < -0.3 is 5.32 Å². The Labute approximate surface area is 217 Å². The smallest absolute Gasteiger partial charge is 0.282 e. The summed E-state index contributed by atoms with van der Waals surface area (Å²) in [6.45, 7) is 0. The van der Waals surface area contributed by atoms with E-state index in [-0.39, 0.29) is 38.6 Å². The Kier molecular flexibility index (Phi) is 6.48. The third-order valence-electron chi connectivity index (χ3n) is 6.68. The number of nitrogens with zero attached hydrogens (tertiary/aromatic N) is 1. The Bertz CT molecular complexity index is 1400. The quantitative estimate of drug-likeness (QED) is 0.231. The summed E-state index contributed by atoms with van der Waals surface area (Å²) in [5.74, 6) is -0.169. The number of nitrogens with one attached hydrogen (secondary N) is 1. The Balaban J connectivity index is 1.57. The van der Waals surface area contributed by atoms with Crippen LogP contribution in [0.2, 0.25) is 5.02 Å². The lowest BCUT2D eigenvalue weighted by molar-refractivity contribution is -0.387. The molecule has 0 spiro atoms. The van der Waals surface area contributed by atoms with Crippen molar-refractivity contribution in [1.29, 1.82) is 0 Å². The number of hydrogen-bond acceptors (Lipinski definition) is 6. The summed E-state index contributed by atoms with van der Waals surface area (Å²) in [7, 11) is -3.90. The SMILES string of the molecule is NS(=O)(=O)c1ccc2c(c1)C1C(Cl)C(Sc3ccccc3[N+](=O)[O-])CC1C(c1ccc(Cl)cc1)N2. The van der Waals surface area contributed by atoms with Gasteiger partial charge in [0.25, 0.3) is 5.69 Å². The van der Waals surface area contributed by atoms with Gasteiger partial charge in [-0.15, -0.1) is 23.4 Å². The number of sulfonamides is 1. The molecular formula is C24H21Cl2N3O4S2. The maximum absolute atomic E-state index is 12.1. The summed E-state index contributed by atoms with van der Waals surface area (Å²) < 4.78 is 24.1. The summed E-state index contributed by atoms with van der Waals surface area (Å²) in [6.07, 6.45) is 0.675. The standard InChI is InChI=1S/C24H21Cl2N3O4S2/c25-14-7-5-13(6-8-14)24-17-12-21(34-20-4-2-1-3-19(20)29(30)31)23(26)22(17)16-11-15(35(27,32)33)9-10-18(16)28-24/h1-11,17,21-24,28H,12H2,(H2,27,32,33). The first-order valence-corrected chi connectivity index (χ1v) is 14.1. The number of hydrogen-bond donors (Lipinski definition) is 2. The summed E-state index contributed by atoms with van der Waals surface area (Å²) in [4.78, 5) is 11.8. The van der Waals surface area contributed by atoms with Crippen LogP contribution in [-0.2, 0) is 10.0 Å². The second-order valence-corrected chi connectivity index (χ2v) is 12.5. The van der Waals surface area contributed by atoms with E-state index in [4.69, 9.17) is 28.3 Å². The highest BCUT2D eigenvalue weighted by molar-refractivity contribution is 8.00. The molecule has 2 aliphatic rings. The third kappa shape index (κ3) is 4.63. The number of nitrogens with two attached hydrogens (primary N) is 1. The van der Waals surface area contributed by atoms with E-state index in [9.17, 15) is 18.5 Å². The first kappa shape index (κ1) is 24.4. The number of rotatable bonds is 5. The molecule has 3 N–H and O–H groups in total. The van der Waals surface area contributed by atoms with E-state index < -0.39 is 15.4 Å². The Morgan fingerprint density at radius 2 is 1.80 bits per heavy atom. The molecular weight excluding hydrogens is 529 g/mol. The predicted molar refractivity (Wildman–Crippen MR) is 139 cm³/mol. The Morgan fingerprint density at radius 3 is 2.49 bits per heavy atom. The van der Waals surface area contributed by atoms with Crippen LogP contribution in [0.5, 0.6) is 0 Å². The average Bonchev–Trinajstić information content (AvgIpc) is 3.14. The van der Waals surface area contributed by atoms with Crippen molar-refractivity contribution >= 4 is 56.4 Å². The number of nitro groups is 1. The maximum atomic E-state index is 12.1. The normalized spacial score (nSPS) is 25.4. The van der Waals surface area contributed by atoms with Crippen molar-refractivity contribution in [2.45, 2.75) is 38.8 Å². The van der Waals surface area contributed by atoms with Crippen molar-refractivity contribution in [1.82, 2.24) is 0 Å². The summed E-state index contributed by atoms with van der Waals surface area (Å²) >= 11 is 14.6. The minimum absolute atomic E-state index is 0.0159. The van der Waals surface area contributed by atoms with Gasteiger partial charge in [-0.25, -0.2) is 13.6 Å². The number of fused-ring (bicyclic) bond motifs is 3. The number of benzene rings is 3. The van der Waals surface area contributed by atoms with Gasteiger partial charge in [-0.1, -0.05) is 35.9 Å². The van der Waals surface area contributed by atoms with Gasteiger partial charge in [0.05, 0.1) is 26.1 Å². The molecule has 11 heteroatoms. The van der Waals surface area contributed by atoms with Crippen molar-refractivity contribution in [2.75, 3.05) is 5.32 Å². The average molecular weight is 550 g/mol. The zero-order chi connectivity index (χ0) is 24.9. The molecule has 0 radical (unpaired) electrons. The van der Waals surface area contributed by atoms with Crippen LogP contribution in [0.25, 0.3) is 0 Å². The third-order valence-corrected chi connectivity index (χ3v) is 9.96. The van der Waals surface area contributed by atoms with Crippen LogP contribution in [0.15, 0.2) is 76.5 Å². The van der Waals surface area contributed by atoms with Gasteiger partial charge in [0, 0.05) is 27.9 Å². The van der Waals surface area contributed by atoms with Crippen molar-refractivity contribution in [3.8, 4) is 0 Å². The van der Waals surface area contributed by atoms with Crippen LogP contribution >= 0.6 is 35.0 Å². The van der Waals surface area contributed by atoms with Crippen molar-refractivity contribution < 1.29 is 13.3 Å². The van der Waals surface area contributed by atoms with Gasteiger partial charge in [0.15, 0.2) is 0 Å². The molecule has 35 heavy (non-hydrogen) atoms. The molecule has 0 amide bonds. The fourth-order valence-electron chi connectivity index (χ4n) is 5.14. The molecule has 182 valence electrons. The van der Waals surface area contributed by atoms with Crippen LogP contribution in [0.3, 0.4) is 0 Å². The van der Waals surface area contributed by atoms with E-state index in [1.807, 2.05) is 24.3 Å². The molecule has 5 rings (SSSR count). The largest absolute Gasteiger partial charge is 0.378 e. The molecule has 1 fully saturated rings. The van der Waals surface area contributed by atoms with Crippen molar-refractivity contribution in [3.63, 3.8) is 0 Å². The van der Waals surface area contributed by atoms with E-state index in [1.54, 1.807) is 30.3 Å². The summed E-state index contributed by atoms with van der Waals surface area (Å²) in [6, 6.07) is 18.9. The Hall–Kier alpha value is -2.30. The van der Waals surface area contributed by atoms with Crippen molar-refractivity contribution in [3.05, 3.63) is 93.0 Å². The second kappa shape index (κ2) is 9.29. The molecule has 7 nitrogen and oxygen atoms in total. The number of thioether (sulfide) groups is 1. The second-order valence-electron chi connectivity index (χ2n) is 8.72. The first-order valence-electron chi connectivity index (χ1n) is 10.9. The Morgan fingerprint density at radius 1 is 1.09 bits per heavy atom. The van der Waals surface area contributed by atoms with Gasteiger partial charge in [-0.3, -0.25) is 10.1 Å². The lowest BCUT2D eigenvalue weighted by atomic mass is 9.77. The number of primary sulfonamides is 1. The summed E-state index contributed by atoms with van der Waals surface area (Å²) in [5, 5.41) is 20.6. The first-order chi connectivity index (χ1) is 16.6. The van der Waals surface area contributed by atoms with Crippen LogP contribution < -0.4 is 10.5 Å². The monoisotopic (exact) mass is 549 g/mol. The molecule has 1 aliphatic carbocycles. The molecule has 5 atom stereocenters. The number of nitro benzene ring substituents is 1. The topological polar surface area (TPSA) is 115 Å². The predicted octanol–water partition coefficient (Wildman–Crippen LogP) is 5.93. The van der Waals surface area contributed by atoms with Crippen LogP contribution in [0.4, 0.5) is 11.4 Å². The molecule has 0 bridgehead atoms. The highest BCUT2D eigenvalue weighted by Crippen LogP contribution is 2.58. The molecule has 0 aromatic heterocycles. The highest BCUT2D eigenvalue weighted by Gasteiger charge is 2.50. The fourth-order valence-corrected chi connectivity index (χ4v) is 7.76. The van der Waals surface area contributed by atoms with Crippen LogP contribution in [0.1, 0.15) is 29.5 Å². The zero-order valence-corrected chi connectivity index (χ0v) is 21.3. The van der Waals surface area contributed by atoms with E-state index in [0.29, 0.717) is 16.3 Å². The minimum Gasteiger partial charge on any atom is -0.378 e. The molecule has 1 heterocycles. The maximum Gasteiger partial charge on any atom is 0.282 e. The van der Waals surface area contributed by atoms with Gasteiger partial charge in [-0.2, -0.15) is 0 Å². The van der Waals surface area contributed by atoms with Gasteiger partial charge in [-0.05, 0) is 59.9 Å². The highest BCUT2D eigenvalue weighted by atomic mass is 35.5. The number of alkyl halides is 1. The number of halogens is 2. The molecule has 3 aromatic carbocycles. The van der Waals surface area contributed by atoms with Crippen LogP contribution in [-0.4, -0.2) is 24.0 Å². The molecule has 1 aliphatic heterocycles. The molecule has 0 saturated heterocycles. The van der Waals surface area contributed by atoms with E-state index in [1.165, 1.54) is 23.9 Å². The molecule has 5 unspecified atom stereocenters. The van der Waals surface area contributed by atoms with Crippen LogP contribution in [0, 0.1) is 16.0 Å². The molecule has 3 aromatic rings. The van der Waals surface area contributed by atoms with Gasteiger partial charge in [0.2, 0.25) is 10.0 Å². The fraction of sp³-hybridized carbons (Fsp3) is 0.250. The van der Waals surface area contributed by atoms with Gasteiger partial charge in [0.1, 0.15) is 0 Å². The number of para-hydroxylation sites is 1.